The van der Waals surface area contributed by atoms with E-state index in [4.69, 9.17) is 28.1 Å². The Morgan fingerprint density at radius 1 is 0.921 bits per heavy atom. The molecule has 3 rings (SSSR count). The first-order chi connectivity index (χ1) is 18.0. The molecule has 1 N–H and O–H groups in total. The number of benzene rings is 1. The zero-order valence-electron chi connectivity index (χ0n) is 21.2. The quantitative estimate of drug-likeness (QED) is 0.340. The number of carbonyl (C=O) groups is 5. The van der Waals surface area contributed by atoms with E-state index in [1.54, 1.807) is 24.3 Å². The molecule has 2 aromatic rings. The van der Waals surface area contributed by atoms with Crippen LogP contribution in [-0.4, -0.2) is 71.6 Å². The molecule has 1 aromatic carbocycles. The van der Waals surface area contributed by atoms with Gasteiger partial charge in [-0.1, -0.05) is 12.1 Å². The lowest BCUT2D eigenvalue weighted by Crippen LogP contribution is -2.66. The number of nitrogens with one attached hydrogen (secondary N) is 1. The number of oxazole rings is 1. The highest BCUT2D eigenvalue weighted by atomic mass is 16.7. The van der Waals surface area contributed by atoms with Crippen LogP contribution in [0.15, 0.2) is 33.5 Å². The van der Waals surface area contributed by atoms with Crippen LogP contribution >= 0.6 is 0 Å². The van der Waals surface area contributed by atoms with Crippen molar-refractivity contribution in [2.45, 2.75) is 71.3 Å². The van der Waals surface area contributed by atoms with Crippen LogP contribution in [0, 0.1) is 0 Å². The summed E-state index contributed by atoms with van der Waals surface area (Å²) < 4.78 is 33.3. The van der Waals surface area contributed by atoms with Gasteiger partial charge in [0.05, 0.1) is 11.9 Å². The number of ether oxygens (including phenoxy) is 5. The molecule has 0 bridgehead atoms. The highest BCUT2D eigenvalue weighted by Crippen LogP contribution is 2.28. The minimum atomic E-state index is -1.54. The smallest absolute Gasteiger partial charge is 0.419 e. The number of amides is 1. The van der Waals surface area contributed by atoms with Gasteiger partial charge in [0.15, 0.2) is 17.8 Å². The normalized spacial score (nSPS) is 22.8. The van der Waals surface area contributed by atoms with E-state index in [0.29, 0.717) is 11.1 Å². The highest BCUT2D eigenvalue weighted by molar-refractivity contribution is 5.75. The molecular weight excluding hydrogens is 508 g/mol. The third kappa shape index (κ3) is 7.18. The average Bonchev–Trinajstić information content (AvgIpc) is 3.14. The van der Waals surface area contributed by atoms with Gasteiger partial charge in [0, 0.05) is 34.2 Å². The Kier molecular flexibility index (Phi) is 9.23. The van der Waals surface area contributed by atoms with Crippen LogP contribution < -0.4 is 11.1 Å². The molecule has 1 fully saturated rings. The van der Waals surface area contributed by atoms with Gasteiger partial charge < -0.3 is 33.4 Å². The number of fused-ring (bicyclic) bond motifs is 1. The van der Waals surface area contributed by atoms with Crippen LogP contribution in [-0.2, 0) is 54.2 Å². The van der Waals surface area contributed by atoms with Crippen molar-refractivity contribution >= 4 is 40.9 Å². The van der Waals surface area contributed by atoms with Gasteiger partial charge in [0.1, 0.15) is 18.8 Å². The molecule has 14 heteroatoms. The van der Waals surface area contributed by atoms with Crippen molar-refractivity contribution < 1.29 is 52.1 Å². The lowest BCUT2D eigenvalue weighted by molar-refractivity contribution is -0.271. The van der Waals surface area contributed by atoms with Gasteiger partial charge in [0.25, 0.3) is 0 Å². The number of hydrogen-bond donors (Lipinski definition) is 1. The lowest BCUT2D eigenvalue weighted by Gasteiger charge is -2.44. The predicted molar refractivity (Wildman–Crippen MR) is 125 cm³/mol. The number of esters is 4. The SMILES string of the molecule is CC(=O)N[C@@H]1[C@@H](OC(=O)CCn2c(=O)oc3ccccc32)O[C@@H](COC(C)=O)[C@@H](OC(C)=O)[C@@H]1OC(C)=O. The minimum absolute atomic E-state index is 0.0907. The molecular formula is C24H28N2O12. The number of nitrogens with zero attached hydrogens (tertiary/aromatic N) is 1. The summed E-state index contributed by atoms with van der Waals surface area (Å²) in [7, 11) is 0. The minimum Gasteiger partial charge on any atom is -0.463 e. The average molecular weight is 536 g/mol. The molecule has 1 amide bonds. The van der Waals surface area contributed by atoms with Crippen LogP contribution in [0.25, 0.3) is 11.1 Å². The molecule has 14 nitrogen and oxygen atoms in total. The van der Waals surface area contributed by atoms with Gasteiger partial charge >= 0.3 is 29.6 Å². The fourth-order valence-corrected chi connectivity index (χ4v) is 4.01. The van der Waals surface area contributed by atoms with E-state index in [2.05, 4.69) is 5.32 Å². The molecule has 206 valence electrons. The fraction of sp³-hybridized carbons (Fsp3) is 0.500. The Hall–Kier alpha value is -4.20. The van der Waals surface area contributed by atoms with Gasteiger partial charge in [-0.15, -0.1) is 0 Å². The van der Waals surface area contributed by atoms with E-state index in [9.17, 15) is 28.8 Å². The summed E-state index contributed by atoms with van der Waals surface area (Å²) in [4.78, 5) is 72.1. The molecule has 0 radical (unpaired) electrons. The molecule has 5 atom stereocenters. The van der Waals surface area contributed by atoms with E-state index in [1.165, 1.54) is 11.5 Å². The maximum atomic E-state index is 12.8. The number of aromatic nitrogens is 1. The van der Waals surface area contributed by atoms with Crippen molar-refractivity contribution in [3.05, 3.63) is 34.8 Å². The summed E-state index contributed by atoms with van der Waals surface area (Å²) in [5, 5.41) is 2.50. The Bertz CT molecular complexity index is 1260. The lowest BCUT2D eigenvalue weighted by atomic mass is 9.96. The third-order valence-corrected chi connectivity index (χ3v) is 5.43. The first-order valence-electron chi connectivity index (χ1n) is 11.6. The maximum Gasteiger partial charge on any atom is 0.419 e. The van der Waals surface area contributed by atoms with Crippen molar-refractivity contribution in [2.75, 3.05) is 6.61 Å². The summed E-state index contributed by atoms with van der Waals surface area (Å²) in [6, 6.07) is 5.37. The Morgan fingerprint density at radius 3 is 2.21 bits per heavy atom. The number of hydrogen-bond acceptors (Lipinski definition) is 12. The molecule has 2 heterocycles. The fourth-order valence-electron chi connectivity index (χ4n) is 4.01. The second-order valence-corrected chi connectivity index (χ2v) is 8.45. The molecule has 1 aliphatic heterocycles. The second-order valence-electron chi connectivity index (χ2n) is 8.45. The van der Waals surface area contributed by atoms with E-state index < -0.39 is 72.8 Å². The van der Waals surface area contributed by atoms with E-state index in [-0.39, 0.29) is 13.0 Å². The number of para-hydroxylation sites is 2. The molecule has 38 heavy (non-hydrogen) atoms. The second kappa shape index (κ2) is 12.4. The predicted octanol–water partition coefficient (Wildman–Crippen LogP) is 0.184. The molecule has 0 unspecified atom stereocenters. The van der Waals surface area contributed by atoms with Crippen molar-refractivity contribution in [3.63, 3.8) is 0 Å². The topological polar surface area (TPSA) is 179 Å². The number of rotatable bonds is 9. The van der Waals surface area contributed by atoms with Crippen LogP contribution in [0.1, 0.15) is 34.1 Å². The van der Waals surface area contributed by atoms with Crippen LogP contribution in [0.2, 0.25) is 0 Å². The monoisotopic (exact) mass is 536 g/mol. The van der Waals surface area contributed by atoms with Gasteiger partial charge in [0.2, 0.25) is 12.2 Å². The summed E-state index contributed by atoms with van der Waals surface area (Å²) in [6.45, 7) is 3.99. The zero-order valence-corrected chi connectivity index (χ0v) is 21.2. The summed E-state index contributed by atoms with van der Waals surface area (Å²) in [6.07, 6.45) is -5.75. The summed E-state index contributed by atoms with van der Waals surface area (Å²) in [5.41, 5.74) is 0.831. The van der Waals surface area contributed by atoms with E-state index in [1.807, 2.05) is 0 Å². The first-order valence-corrected chi connectivity index (χ1v) is 11.6. The Labute approximate surface area is 216 Å². The molecule has 1 aliphatic rings. The Balaban J connectivity index is 1.85. The molecule has 0 spiro atoms. The highest BCUT2D eigenvalue weighted by Gasteiger charge is 2.52. The van der Waals surface area contributed by atoms with Crippen LogP contribution in [0.3, 0.4) is 0 Å². The largest absolute Gasteiger partial charge is 0.463 e. The zero-order chi connectivity index (χ0) is 28.0. The summed E-state index contributed by atoms with van der Waals surface area (Å²) >= 11 is 0. The first kappa shape index (κ1) is 28.4. The number of carbonyl (C=O) groups excluding carboxylic acids is 5. The van der Waals surface area contributed by atoms with Gasteiger partial charge in [-0.2, -0.15) is 0 Å². The maximum absolute atomic E-state index is 12.8. The van der Waals surface area contributed by atoms with Crippen molar-refractivity contribution in [2.24, 2.45) is 0 Å². The molecule has 1 saturated heterocycles. The molecule has 0 saturated carbocycles. The van der Waals surface area contributed by atoms with Crippen molar-refractivity contribution in [1.82, 2.24) is 9.88 Å². The number of aryl methyl sites for hydroxylation is 1. The Morgan fingerprint density at radius 2 is 1.58 bits per heavy atom. The van der Waals surface area contributed by atoms with Gasteiger partial charge in [-0.05, 0) is 12.1 Å². The van der Waals surface area contributed by atoms with Crippen molar-refractivity contribution in [3.8, 4) is 0 Å². The standard InChI is InChI=1S/C24H28N2O12/c1-12(27)25-20-22(35-15(4)30)21(34-14(3)29)18(11-33-13(2)28)36-23(20)38-19(31)9-10-26-16-7-5-6-8-17(16)37-24(26)32/h5-8,18,20-23H,9-11H2,1-4H3,(H,25,27)/t18-,20-,21+,22+,23+/m0/s1. The summed E-state index contributed by atoms with van der Waals surface area (Å²) in [5.74, 6) is -4.31. The van der Waals surface area contributed by atoms with Crippen LogP contribution in [0.5, 0.6) is 0 Å². The third-order valence-electron chi connectivity index (χ3n) is 5.43. The van der Waals surface area contributed by atoms with Gasteiger partial charge in [-0.3, -0.25) is 28.5 Å². The molecule has 0 aliphatic carbocycles. The van der Waals surface area contributed by atoms with Crippen LogP contribution in [0.4, 0.5) is 0 Å². The van der Waals surface area contributed by atoms with E-state index >= 15 is 0 Å². The van der Waals surface area contributed by atoms with Gasteiger partial charge in [-0.25, -0.2) is 4.79 Å². The molecule has 1 aromatic heterocycles. The van der Waals surface area contributed by atoms with Crippen molar-refractivity contribution in [1.29, 1.82) is 0 Å². The van der Waals surface area contributed by atoms with E-state index in [0.717, 1.165) is 20.8 Å².